The van der Waals surface area contributed by atoms with E-state index in [1.807, 2.05) is 19.1 Å². The number of aryl methyl sites for hydroxylation is 1. The number of thiophene rings is 1. The second-order valence-electron chi connectivity index (χ2n) is 2.37. The second-order valence-corrected chi connectivity index (χ2v) is 3.69. The minimum absolute atomic E-state index is 0.251. The van der Waals surface area contributed by atoms with Crippen molar-refractivity contribution in [1.82, 2.24) is 0 Å². The zero-order chi connectivity index (χ0) is 7.56. The van der Waals surface area contributed by atoms with E-state index in [0.29, 0.717) is 0 Å². The van der Waals surface area contributed by atoms with Gasteiger partial charge in [-0.15, -0.1) is 11.3 Å². The van der Waals surface area contributed by atoms with Crippen molar-refractivity contribution in [3.8, 4) is 0 Å². The summed E-state index contributed by atoms with van der Waals surface area (Å²) in [4.78, 5) is 2.35. The molecular formula is C8H12OS. The van der Waals surface area contributed by atoms with Crippen molar-refractivity contribution in [3.05, 3.63) is 21.9 Å². The Hall–Kier alpha value is -0.340. The highest BCUT2D eigenvalue weighted by Crippen LogP contribution is 2.24. The molecule has 0 amide bonds. The molecule has 0 aliphatic heterocycles. The quantitative estimate of drug-likeness (QED) is 0.697. The van der Waals surface area contributed by atoms with Gasteiger partial charge < -0.3 is 5.11 Å². The van der Waals surface area contributed by atoms with Gasteiger partial charge in [0.05, 0.1) is 6.10 Å². The molecule has 0 spiro atoms. The molecule has 0 unspecified atom stereocenters. The van der Waals surface area contributed by atoms with Crippen LogP contribution in [0.3, 0.4) is 0 Å². The normalized spacial score (nSPS) is 13.5. The van der Waals surface area contributed by atoms with E-state index in [1.54, 1.807) is 11.3 Å². The predicted octanol–water partition coefficient (Wildman–Crippen LogP) is 2.50. The maximum Gasteiger partial charge on any atom is 0.0879 e. The topological polar surface area (TPSA) is 20.2 Å². The van der Waals surface area contributed by atoms with Gasteiger partial charge in [-0.3, -0.25) is 0 Å². The Balaban J connectivity index is 2.74. The van der Waals surface area contributed by atoms with E-state index in [-0.39, 0.29) is 6.10 Å². The van der Waals surface area contributed by atoms with Gasteiger partial charge in [-0.2, -0.15) is 0 Å². The smallest absolute Gasteiger partial charge is 0.0879 e. The first-order chi connectivity index (χ1) is 4.74. The number of hydrogen-bond donors (Lipinski definition) is 1. The lowest BCUT2D eigenvalue weighted by molar-refractivity contribution is 0.177. The molecule has 0 saturated carbocycles. The maximum atomic E-state index is 9.35. The summed E-state index contributed by atoms with van der Waals surface area (Å²) in [6.07, 6.45) is 0.554. The van der Waals surface area contributed by atoms with Crippen molar-refractivity contribution in [2.24, 2.45) is 0 Å². The van der Waals surface area contributed by atoms with Crippen LogP contribution in [0.5, 0.6) is 0 Å². The van der Waals surface area contributed by atoms with Crippen molar-refractivity contribution in [2.75, 3.05) is 0 Å². The number of rotatable bonds is 2. The van der Waals surface area contributed by atoms with Crippen LogP contribution in [0.4, 0.5) is 0 Å². The minimum Gasteiger partial charge on any atom is -0.388 e. The SMILES string of the molecule is CC[C@H](O)c1ccc(C)s1. The van der Waals surface area contributed by atoms with Crippen LogP contribution in [-0.2, 0) is 0 Å². The molecule has 0 aromatic carbocycles. The van der Waals surface area contributed by atoms with E-state index in [1.165, 1.54) is 4.88 Å². The van der Waals surface area contributed by atoms with E-state index in [4.69, 9.17) is 0 Å². The molecule has 0 radical (unpaired) electrons. The van der Waals surface area contributed by atoms with Crippen molar-refractivity contribution in [2.45, 2.75) is 26.4 Å². The minimum atomic E-state index is -0.251. The molecule has 1 aromatic rings. The van der Waals surface area contributed by atoms with E-state index in [9.17, 15) is 5.11 Å². The Kier molecular flexibility index (Phi) is 2.46. The number of aliphatic hydroxyl groups is 1. The largest absolute Gasteiger partial charge is 0.388 e. The highest BCUT2D eigenvalue weighted by atomic mass is 32.1. The maximum absolute atomic E-state index is 9.35. The third-order valence-corrected chi connectivity index (χ3v) is 2.58. The van der Waals surface area contributed by atoms with Crippen molar-refractivity contribution in [1.29, 1.82) is 0 Å². The molecule has 0 bridgehead atoms. The van der Waals surface area contributed by atoms with Gasteiger partial charge in [-0.1, -0.05) is 6.92 Å². The fourth-order valence-electron chi connectivity index (χ4n) is 0.834. The zero-order valence-electron chi connectivity index (χ0n) is 6.29. The van der Waals surface area contributed by atoms with Crippen LogP contribution < -0.4 is 0 Å². The molecule has 0 aliphatic carbocycles. The Morgan fingerprint density at radius 1 is 1.60 bits per heavy atom. The summed E-state index contributed by atoms with van der Waals surface area (Å²) in [7, 11) is 0. The van der Waals surface area contributed by atoms with Crippen molar-refractivity contribution >= 4 is 11.3 Å². The molecular weight excluding hydrogens is 144 g/mol. The molecule has 1 aromatic heterocycles. The fraction of sp³-hybridized carbons (Fsp3) is 0.500. The summed E-state index contributed by atoms with van der Waals surface area (Å²) < 4.78 is 0. The van der Waals surface area contributed by atoms with Crippen LogP contribution in [0.25, 0.3) is 0 Å². The molecule has 10 heavy (non-hydrogen) atoms. The summed E-state index contributed by atoms with van der Waals surface area (Å²) in [5.74, 6) is 0. The monoisotopic (exact) mass is 156 g/mol. The Morgan fingerprint density at radius 3 is 2.70 bits per heavy atom. The van der Waals surface area contributed by atoms with E-state index < -0.39 is 0 Å². The van der Waals surface area contributed by atoms with Gasteiger partial charge >= 0.3 is 0 Å². The predicted molar refractivity (Wildman–Crippen MR) is 44.3 cm³/mol. The van der Waals surface area contributed by atoms with E-state index in [2.05, 4.69) is 6.92 Å². The first-order valence-electron chi connectivity index (χ1n) is 3.48. The summed E-state index contributed by atoms with van der Waals surface area (Å²) in [6.45, 7) is 4.04. The van der Waals surface area contributed by atoms with Gasteiger partial charge in [-0.25, -0.2) is 0 Å². The average Bonchev–Trinajstić information content (AvgIpc) is 2.34. The first-order valence-corrected chi connectivity index (χ1v) is 4.30. The van der Waals surface area contributed by atoms with Crippen LogP contribution >= 0.6 is 11.3 Å². The lowest BCUT2D eigenvalue weighted by atomic mass is 10.2. The number of hydrogen-bond acceptors (Lipinski definition) is 2. The molecule has 2 heteroatoms. The van der Waals surface area contributed by atoms with Gasteiger partial charge in [0.25, 0.3) is 0 Å². The second kappa shape index (κ2) is 3.17. The Bertz CT molecular complexity index is 205. The van der Waals surface area contributed by atoms with Crippen LogP contribution in [0.15, 0.2) is 12.1 Å². The molecule has 0 fully saturated rings. The van der Waals surface area contributed by atoms with Gasteiger partial charge in [0, 0.05) is 9.75 Å². The molecule has 56 valence electrons. The lowest BCUT2D eigenvalue weighted by Gasteiger charge is -2.01. The van der Waals surface area contributed by atoms with Gasteiger partial charge in [0.2, 0.25) is 0 Å². The molecule has 1 heterocycles. The molecule has 1 N–H and O–H groups in total. The molecule has 1 nitrogen and oxygen atoms in total. The third-order valence-electron chi connectivity index (χ3n) is 1.48. The standard InChI is InChI=1S/C8H12OS/c1-3-7(9)8-5-4-6(2)10-8/h4-5,7,9H,3H2,1-2H3/t7-/m0/s1. The van der Waals surface area contributed by atoms with Crippen LogP contribution in [0, 0.1) is 6.92 Å². The third kappa shape index (κ3) is 1.58. The number of aliphatic hydroxyl groups excluding tert-OH is 1. The Morgan fingerprint density at radius 2 is 2.30 bits per heavy atom. The van der Waals surface area contributed by atoms with Gasteiger partial charge in [0.15, 0.2) is 0 Å². The van der Waals surface area contributed by atoms with E-state index in [0.717, 1.165) is 11.3 Å². The Labute approximate surface area is 65.3 Å². The average molecular weight is 156 g/mol. The van der Waals surface area contributed by atoms with Gasteiger partial charge in [0.1, 0.15) is 0 Å². The molecule has 0 saturated heterocycles. The first kappa shape index (κ1) is 7.76. The molecule has 1 atom stereocenters. The molecule has 0 aliphatic rings. The van der Waals surface area contributed by atoms with Gasteiger partial charge in [-0.05, 0) is 25.5 Å². The summed E-state index contributed by atoms with van der Waals surface area (Å²) in [5.41, 5.74) is 0. The summed E-state index contributed by atoms with van der Waals surface area (Å²) in [5, 5.41) is 9.35. The highest BCUT2D eigenvalue weighted by Gasteiger charge is 2.05. The molecule has 1 rings (SSSR count). The van der Waals surface area contributed by atoms with Crippen molar-refractivity contribution < 1.29 is 5.11 Å². The van der Waals surface area contributed by atoms with Crippen LogP contribution in [0.2, 0.25) is 0 Å². The van der Waals surface area contributed by atoms with Crippen LogP contribution in [0.1, 0.15) is 29.2 Å². The highest BCUT2D eigenvalue weighted by molar-refractivity contribution is 7.11. The van der Waals surface area contributed by atoms with Crippen molar-refractivity contribution in [3.63, 3.8) is 0 Å². The summed E-state index contributed by atoms with van der Waals surface area (Å²) in [6, 6.07) is 4.03. The fourth-order valence-corrected chi connectivity index (χ4v) is 1.78. The van der Waals surface area contributed by atoms with Crippen LogP contribution in [-0.4, -0.2) is 5.11 Å². The summed E-state index contributed by atoms with van der Waals surface area (Å²) >= 11 is 1.67. The zero-order valence-corrected chi connectivity index (χ0v) is 7.11. The van der Waals surface area contributed by atoms with E-state index >= 15 is 0 Å². The lowest BCUT2D eigenvalue weighted by Crippen LogP contribution is -1.89.